The van der Waals surface area contributed by atoms with Crippen molar-refractivity contribution in [2.45, 2.75) is 38.6 Å². The Balaban J connectivity index is 2.08. The molecule has 78 valence electrons. The van der Waals surface area contributed by atoms with E-state index >= 15 is 0 Å². The van der Waals surface area contributed by atoms with Crippen molar-refractivity contribution in [1.82, 2.24) is 9.55 Å². The first-order valence-electron chi connectivity index (χ1n) is 5.41. The van der Waals surface area contributed by atoms with Crippen LogP contribution in [-0.4, -0.2) is 21.3 Å². The van der Waals surface area contributed by atoms with Gasteiger partial charge in [-0.2, -0.15) is 0 Å². The van der Waals surface area contributed by atoms with E-state index in [1.165, 1.54) is 19.3 Å². The van der Waals surface area contributed by atoms with Gasteiger partial charge in [-0.1, -0.05) is 6.42 Å². The number of hydrogen-bond acceptors (Lipinski definition) is 2. The molecule has 2 unspecified atom stereocenters. The maximum absolute atomic E-state index is 9.15. The van der Waals surface area contributed by atoms with Gasteiger partial charge in [-0.15, -0.1) is 0 Å². The first-order chi connectivity index (χ1) is 6.81. The summed E-state index contributed by atoms with van der Waals surface area (Å²) in [5.74, 6) is 1.59. The van der Waals surface area contributed by atoms with Crippen LogP contribution in [0, 0.1) is 12.8 Å². The Morgan fingerprint density at radius 3 is 3.07 bits per heavy atom. The monoisotopic (exact) mass is 194 g/mol. The van der Waals surface area contributed by atoms with Crippen LogP contribution in [0.15, 0.2) is 12.4 Å². The molecule has 14 heavy (non-hydrogen) atoms. The number of nitrogens with zero attached hydrogens (tertiary/aromatic N) is 2. The summed E-state index contributed by atoms with van der Waals surface area (Å²) in [6.07, 6.45) is 8.66. The van der Waals surface area contributed by atoms with Gasteiger partial charge in [-0.05, 0) is 32.1 Å². The van der Waals surface area contributed by atoms with Crippen LogP contribution in [0.2, 0.25) is 0 Å². The molecule has 0 spiro atoms. The van der Waals surface area contributed by atoms with Gasteiger partial charge in [0.25, 0.3) is 0 Å². The minimum atomic E-state index is 0.338. The molecule has 3 nitrogen and oxygen atoms in total. The maximum atomic E-state index is 9.15. The molecule has 0 radical (unpaired) electrons. The fraction of sp³-hybridized carbons (Fsp3) is 0.727. The Hall–Kier alpha value is -0.830. The Morgan fingerprint density at radius 2 is 2.43 bits per heavy atom. The Labute approximate surface area is 84.8 Å². The van der Waals surface area contributed by atoms with E-state index in [2.05, 4.69) is 15.7 Å². The third-order valence-electron chi connectivity index (χ3n) is 3.27. The normalized spacial score (nSPS) is 27.9. The summed E-state index contributed by atoms with van der Waals surface area (Å²) in [7, 11) is 0. The van der Waals surface area contributed by atoms with E-state index in [-0.39, 0.29) is 0 Å². The topological polar surface area (TPSA) is 38.0 Å². The summed E-state index contributed by atoms with van der Waals surface area (Å²) in [6.45, 7) is 2.38. The minimum absolute atomic E-state index is 0.338. The second-order valence-electron chi connectivity index (χ2n) is 4.25. The summed E-state index contributed by atoms with van der Waals surface area (Å²) in [6, 6.07) is 0.559. The van der Waals surface area contributed by atoms with E-state index in [4.69, 9.17) is 5.11 Å². The molecule has 1 aliphatic carbocycles. The summed E-state index contributed by atoms with van der Waals surface area (Å²) in [4.78, 5) is 4.24. The standard InChI is InChI=1S/C11H18N2O/c1-9-12-5-6-13(9)11-4-2-3-10(7-11)8-14/h5-6,10-11,14H,2-4,7-8H2,1H3. The number of aromatic nitrogens is 2. The van der Waals surface area contributed by atoms with Gasteiger partial charge in [0.1, 0.15) is 5.82 Å². The number of rotatable bonds is 2. The third kappa shape index (κ3) is 1.82. The first kappa shape index (κ1) is 9.71. The molecule has 2 rings (SSSR count). The molecule has 0 aliphatic heterocycles. The van der Waals surface area contributed by atoms with Crippen molar-refractivity contribution >= 4 is 0 Å². The van der Waals surface area contributed by atoms with E-state index in [0.29, 0.717) is 18.6 Å². The summed E-state index contributed by atoms with van der Waals surface area (Å²) < 4.78 is 2.25. The molecule has 1 aromatic rings. The lowest BCUT2D eigenvalue weighted by molar-refractivity contribution is 0.162. The number of hydrogen-bond donors (Lipinski definition) is 1. The van der Waals surface area contributed by atoms with E-state index in [1.807, 2.05) is 13.1 Å². The molecule has 1 aromatic heterocycles. The van der Waals surface area contributed by atoms with Gasteiger partial charge in [0.05, 0.1) is 0 Å². The van der Waals surface area contributed by atoms with Gasteiger partial charge in [-0.25, -0.2) is 4.98 Å². The largest absolute Gasteiger partial charge is 0.396 e. The summed E-state index contributed by atoms with van der Waals surface area (Å²) in [5, 5.41) is 9.15. The molecule has 1 saturated carbocycles. The van der Waals surface area contributed by atoms with Crippen molar-refractivity contribution in [3.63, 3.8) is 0 Å². The van der Waals surface area contributed by atoms with Gasteiger partial charge in [0.2, 0.25) is 0 Å². The number of aliphatic hydroxyl groups is 1. The van der Waals surface area contributed by atoms with E-state index in [9.17, 15) is 0 Å². The zero-order valence-electron chi connectivity index (χ0n) is 8.69. The lowest BCUT2D eigenvalue weighted by atomic mass is 9.86. The SMILES string of the molecule is Cc1nccn1C1CCCC(CO)C1. The number of aliphatic hydroxyl groups excluding tert-OH is 1. The number of imidazole rings is 1. The highest BCUT2D eigenvalue weighted by Crippen LogP contribution is 2.32. The molecule has 0 saturated heterocycles. The molecule has 0 bridgehead atoms. The van der Waals surface area contributed by atoms with Crippen molar-refractivity contribution in [1.29, 1.82) is 0 Å². The molecular weight excluding hydrogens is 176 g/mol. The van der Waals surface area contributed by atoms with Crippen LogP contribution in [-0.2, 0) is 0 Å². The molecule has 3 heteroatoms. The van der Waals surface area contributed by atoms with Crippen LogP contribution in [0.4, 0.5) is 0 Å². The molecule has 2 atom stereocenters. The molecule has 0 amide bonds. The van der Waals surface area contributed by atoms with E-state index in [1.54, 1.807) is 0 Å². The van der Waals surface area contributed by atoms with Gasteiger partial charge in [-0.3, -0.25) is 0 Å². The first-order valence-corrected chi connectivity index (χ1v) is 5.41. The average Bonchev–Trinajstić information content (AvgIpc) is 2.65. The summed E-state index contributed by atoms with van der Waals surface area (Å²) >= 11 is 0. The number of aryl methyl sites for hydroxylation is 1. The predicted molar refractivity (Wildman–Crippen MR) is 55.0 cm³/mol. The highest BCUT2D eigenvalue weighted by molar-refractivity contribution is 4.93. The zero-order chi connectivity index (χ0) is 9.97. The van der Waals surface area contributed by atoms with Crippen LogP contribution >= 0.6 is 0 Å². The fourth-order valence-electron chi connectivity index (χ4n) is 2.45. The molecule has 0 aromatic carbocycles. The van der Waals surface area contributed by atoms with Crippen LogP contribution < -0.4 is 0 Å². The van der Waals surface area contributed by atoms with Crippen molar-refractivity contribution in [3.8, 4) is 0 Å². The Kier molecular flexibility index (Phi) is 2.87. The predicted octanol–water partition coefficient (Wildman–Crippen LogP) is 1.92. The molecule has 1 N–H and O–H groups in total. The lowest BCUT2D eigenvalue weighted by Crippen LogP contribution is -2.21. The van der Waals surface area contributed by atoms with Crippen LogP contribution in [0.3, 0.4) is 0 Å². The van der Waals surface area contributed by atoms with Crippen LogP contribution in [0.5, 0.6) is 0 Å². The smallest absolute Gasteiger partial charge is 0.105 e. The van der Waals surface area contributed by atoms with Crippen molar-refractivity contribution in [2.75, 3.05) is 6.61 Å². The lowest BCUT2D eigenvalue weighted by Gasteiger charge is -2.29. The second-order valence-corrected chi connectivity index (χ2v) is 4.25. The van der Waals surface area contributed by atoms with E-state index < -0.39 is 0 Å². The molecule has 1 fully saturated rings. The highest BCUT2D eigenvalue weighted by Gasteiger charge is 2.22. The van der Waals surface area contributed by atoms with Crippen LogP contribution in [0.25, 0.3) is 0 Å². The second kappa shape index (κ2) is 4.13. The molecule has 1 heterocycles. The maximum Gasteiger partial charge on any atom is 0.105 e. The van der Waals surface area contributed by atoms with Crippen LogP contribution in [0.1, 0.15) is 37.5 Å². The van der Waals surface area contributed by atoms with E-state index in [0.717, 1.165) is 12.2 Å². The van der Waals surface area contributed by atoms with Crippen molar-refractivity contribution in [3.05, 3.63) is 18.2 Å². The van der Waals surface area contributed by atoms with Crippen molar-refractivity contribution < 1.29 is 5.11 Å². The summed E-state index contributed by atoms with van der Waals surface area (Å²) in [5.41, 5.74) is 0. The highest BCUT2D eigenvalue weighted by atomic mass is 16.3. The van der Waals surface area contributed by atoms with Gasteiger partial charge >= 0.3 is 0 Å². The minimum Gasteiger partial charge on any atom is -0.396 e. The average molecular weight is 194 g/mol. The quantitative estimate of drug-likeness (QED) is 0.781. The Bertz CT molecular complexity index is 295. The van der Waals surface area contributed by atoms with Gasteiger partial charge in [0, 0.05) is 25.0 Å². The van der Waals surface area contributed by atoms with Gasteiger partial charge in [0.15, 0.2) is 0 Å². The molecular formula is C11H18N2O. The van der Waals surface area contributed by atoms with Crippen molar-refractivity contribution in [2.24, 2.45) is 5.92 Å². The third-order valence-corrected chi connectivity index (χ3v) is 3.27. The zero-order valence-corrected chi connectivity index (χ0v) is 8.69. The van der Waals surface area contributed by atoms with Gasteiger partial charge < -0.3 is 9.67 Å². The Morgan fingerprint density at radius 1 is 1.57 bits per heavy atom. The fourth-order valence-corrected chi connectivity index (χ4v) is 2.45. The molecule has 1 aliphatic rings.